The second kappa shape index (κ2) is 18.4. The molecular formula is C61H50N3OPt-. The summed E-state index contributed by atoms with van der Waals surface area (Å²) in [6, 6.07) is 45.6. The minimum atomic E-state index is -3.94. The summed E-state index contributed by atoms with van der Waals surface area (Å²) < 4.78 is 150. The third kappa shape index (κ3) is 8.58. The molecule has 0 aliphatic rings. The van der Waals surface area contributed by atoms with Crippen molar-refractivity contribution in [3.05, 3.63) is 217 Å². The van der Waals surface area contributed by atoms with Gasteiger partial charge in [-0.05, 0) is 92.2 Å². The second-order valence-corrected chi connectivity index (χ2v) is 15.9. The van der Waals surface area contributed by atoms with Gasteiger partial charge >= 0.3 is 0 Å². The van der Waals surface area contributed by atoms with Crippen LogP contribution in [-0.2, 0) is 26.5 Å². The molecule has 0 bridgehead atoms. The van der Waals surface area contributed by atoms with Gasteiger partial charge in [-0.2, -0.15) is 0 Å². The summed E-state index contributed by atoms with van der Waals surface area (Å²) in [5, 5.41) is 11.7. The van der Waals surface area contributed by atoms with Crippen LogP contribution >= 0.6 is 0 Å². The van der Waals surface area contributed by atoms with E-state index in [1.165, 1.54) is 0 Å². The van der Waals surface area contributed by atoms with Gasteiger partial charge in [0.25, 0.3) is 0 Å². The Balaban J connectivity index is 0.00000828. The molecule has 2 heterocycles. The second-order valence-electron chi connectivity index (χ2n) is 15.9. The Morgan fingerprint density at radius 3 is 1.89 bits per heavy atom. The molecule has 0 fully saturated rings. The van der Waals surface area contributed by atoms with Crippen molar-refractivity contribution in [1.82, 2.24) is 14.5 Å². The van der Waals surface area contributed by atoms with Crippen molar-refractivity contribution in [1.29, 1.82) is 0 Å². The summed E-state index contributed by atoms with van der Waals surface area (Å²) in [6.45, 7) is -8.14. The van der Waals surface area contributed by atoms with Crippen molar-refractivity contribution in [3.8, 4) is 89.7 Å². The van der Waals surface area contributed by atoms with E-state index < -0.39 is 91.0 Å². The third-order valence-electron chi connectivity index (χ3n) is 11.3. The van der Waals surface area contributed by atoms with Gasteiger partial charge in [-0.25, -0.2) is 4.98 Å². The first kappa shape index (κ1) is 28.0. The van der Waals surface area contributed by atoms with Gasteiger partial charge in [0.05, 0.1) is 31.9 Å². The Bertz CT molecular complexity index is 4070. The molecule has 0 saturated heterocycles. The molecule has 0 amide bonds. The quantitative estimate of drug-likeness (QED) is 0.147. The van der Waals surface area contributed by atoms with Crippen LogP contribution in [0.3, 0.4) is 0 Å². The standard InChI is InChI=1S/C61H50N3O.Pt/c1-40(2)52-38-54(44-22-13-8-14-23-44)57(39-53(52)43-20-11-7-12-21-43)64-56-26-17-25-50(59(56)63-60(64)51-24-15-16-27-58(51)65)47-34-46(41-18-9-6-10-19-41)35-48(36-47)55-37-45(32-33-62-55)42-28-30-49(31-29-42)61(3,4)5;/h6-35,37-40,65H,1-5H3;/q-1;/i3D3,4D3,5D3,28D,29D,30D,31D,32D,33D,37D,40D;. The number of hydrogen-bond donors (Lipinski definition) is 1. The molecule has 66 heavy (non-hydrogen) atoms. The number of aromatic nitrogens is 3. The molecule has 326 valence electrons. The fourth-order valence-corrected chi connectivity index (χ4v) is 8.13. The number of imidazole rings is 1. The van der Waals surface area contributed by atoms with Crippen LogP contribution in [0.4, 0.5) is 0 Å². The minimum Gasteiger partial charge on any atom is -0.507 e. The van der Waals surface area contributed by atoms with E-state index in [9.17, 15) is 10.6 Å². The van der Waals surface area contributed by atoms with Gasteiger partial charge in [0, 0.05) is 52.2 Å². The number of fused-ring (bicyclic) bond motifs is 1. The van der Waals surface area contributed by atoms with Crippen molar-refractivity contribution < 1.29 is 49.5 Å². The molecule has 0 atom stereocenters. The molecule has 10 aromatic rings. The van der Waals surface area contributed by atoms with Crippen LogP contribution in [0.1, 0.15) is 74.7 Å². The van der Waals surface area contributed by atoms with E-state index >= 15 is 0 Å². The normalized spacial score (nSPS) is 15.9. The van der Waals surface area contributed by atoms with Crippen LogP contribution in [0.15, 0.2) is 200 Å². The molecule has 0 unspecified atom stereocenters. The van der Waals surface area contributed by atoms with Gasteiger partial charge in [0.15, 0.2) is 0 Å². The molecule has 8 aromatic carbocycles. The van der Waals surface area contributed by atoms with Crippen LogP contribution in [0.2, 0.25) is 0 Å². The molecule has 0 aliphatic carbocycles. The number of rotatable bonds is 9. The molecular weight excluding hydrogens is 986 g/mol. The molecule has 1 N–H and O–H groups in total. The number of aromatic hydroxyl groups is 1. The number of pyridine rings is 1. The van der Waals surface area contributed by atoms with E-state index in [1.807, 2.05) is 146 Å². The summed E-state index contributed by atoms with van der Waals surface area (Å²) in [5.41, 5.74) is 1.29. The molecule has 0 radical (unpaired) electrons. The average Bonchev–Trinajstić information content (AvgIpc) is 3.05. The van der Waals surface area contributed by atoms with Crippen LogP contribution < -0.4 is 0 Å². The molecule has 0 aliphatic heterocycles. The molecule has 10 rings (SSSR count). The van der Waals surface area contributed by atoms with E-state index in [-0.39, 0.29) is 38.1 Å². The first-order valence-electron chi connectivity index (χ1n) is 29.4. The Morgan fingerprint density at radius 2 is 1.23 bits per heavy atom. The van der Waals surface area contributed by atoms with Gasteiger partial charge in [-0.3, -0.25) is 9.55 Å². The molecule has 5 heteroatoms. The van der Waals surface area contributed by atoms with E-state index in [0.717, 1.165) is 27.8 Å². The Kier molecular flexibility index (Phi) is 7.81. The Morgan fingerprint density at radius 1 is 0.606 bits per heavy atom. The molecule has 4 nitrogen and oxygen atoms in total. The minimum absolute atomic E-state index is 0. The summed E-state index contributed by atoms with van der Waals surface area (Å²) in [7, 11) is 0. The van der Waals surface area contributed by atoms with E-state index in [1.54, 1.807) is 30.3 Å². The van der Waals surface area contributed by atoms with Crippen molar-refractivity contribution in [3.63, 3.8) is 0 Å². The largest absolute Gasteiger partial charge is 0.507 e. The predicted molar refractivity (Wildman–Crippen MR) is 270 cm³/mol. The number of para-hydroxylation sites is 2. The number of phenolic OH excluding ortho intramolecular Hbond substituents is 1. The van der Waals surface area contributed by atoms with E-state index in [0.29, 0.717) is 50.4 Å². The number of phenols is 1. The maximum Gasteiger partial charge on any atom is 0.148 e. The summed E-state index contributed by atoms with van der Waals surface area (Å²) >= 11 is 0. The smallest absolute Gasteiger partial charge is 0.148 e. The molecule has 0 spiro atoms. The fraction of sp³-hybridized carbons (Fsp3) is 0.115. The van der Waals surface area contributed by atoms with Crippen molar-refractivity contribution in [2.45, 2.75) is 45.7 Å². The summed E-state index contributed by atoms with van der Waals surface area (Å²) in [5.74, 6) is -0.751. The van der Waals surface area contributed by atoms with Gasteiger partial charge in [0.1, 0.15) is 11.6 Å². The van der Waals surface area contributed by atoms with Crippen molar-refractivity contribution >= 4 is 11.0 Å². The van der Waals surface area contributed by atoms with Crippen LogP contribution in [0.5, 0.6) is 5.75 Å². The maximum atomic E-state index is 11.7. The third-order valence-corrected chi connectivity index (χ3v) is 11.3. The average molecular weight is 1050 g/mol. The van der Waals surface area contributed by atoms with Gasteiger partial charge in [0.2, 0.25) is 0 Å². The number of benzene rings is 8. The van der Waals surface area contributed by atoms with Crippen molar-refractivity contribution in [2.75, 3.05) is 0 Å². The van der Waals surface area contributed by atoms with Gasteiger partial charge in [-0.15, -0.1) is 23.8 Å². The van der Waals surface area contributed by atoms with Crippen molar-refractivity contribution in [2.24, 2.45) is 0 Å². The zero-order chi connectivity index (χ0) is 59.2. The number of hydrogen-bond acceptors (Lipinski definition) is 3. The van der Waals surface area contributed by atoms with Gasteiger partial charge in [-0.1, -0.05) is 197 Å². The zero-order valence-electron chi connectivity index (χ0n) is 52.6. The van der Waals surface area contributed by atoms with E-state index in [2.05, 4.69) is 11.1 Å². The predicted octanol–water partition coefficient (Wildman–Crippen LogP) is 16.0. The Hall–Kier alpha value is -7.13. The van der Waals surface area contributed by atoms with Crippen LogP contribution in [0.25, 0.3) is 95.0 Å². The topological polar surface area (TPSA) is 50.9 Å². The van der Waals surface area contributed by atoms with Gasteiger partial charge < -0.3 is 5.11 Å². The fourth-order valence-electron chi connectivity index (χ4n) is 8.13. The molecule has 2 aromatic heterocycles. The van der Waals surface area contributed by atoms with Crippen LogP contribution in [0, 0.1) is 6.07 Å². The Labute approximate surface area is 426 Å². The first-order chi connectivity index (χ1) is 38.6. The summed E-state index contributed by atoms with van der Waals surface area (Å²) in [4.78, 5) is 9.75. The summed E-state index contributed by atoms with van der Waals surface area (Å²) in [6.07, 6.45) is -0.777. The SMILES string of the molecule is [2H]c1nc(-c2[c-]c(-c3cccc4c3nc(-c3ccccc3O)n4-c3cc(-c4ccccc4)c(C([2H])(C)C)cc3-c3ccccc3)cc(-c3ccccc3)c2)c([2H])c(-c2c([2H])c([2H])c(C(C([2H])([2H])[2H])(C([2H])([2H])[2H])C([2H])([2H])[2H])c([2H])c2[2H])c1[2H].[Pt]. The van der Waals surface area contributed by atoms with E-state index in [4.69, 9.17) is 22.8 Å². The maximum absolute atomic E-state index is 11.7. The molecule has 0 saturated carbocycles. The zero-order valence-corrected chi connectivity index (χ0v) is 37.9. The monoisotopic (exact) mass is 1050 g/mol. The van der Waals surface area contributed by atoms with Crippen LogP contribution in [-0.4, -0.2) is 19.6 Å². The number of nitrogens with zero attached hydrogens (tertiary/aromatic N) is 3. The first-order valence-corrected chi connectivity index (χ1v) is 20.9.